The zero-order valence-corrected chi connectivity index (χ0v) is 70.4. The van der Waals surface area contributed by atoms with Gasteiger partial charge in [-0.1, -0.05) is 0 Å². The second kappa shape index (κ2) is 43.2. The average molecular weight is 1720 g/mol. The molecule has 7 heterocycles. The number of carbonyl (C=O) groups excluding carboxylic acids is 4. The van der Waals surface area contributed by atoms with Crippen LogP contribution < -0.4 is 78.9 Å². The van der Waals surface area contributed by atoms with E-state index in [0.29, 0.717) is 83.3 Å². The number of aliphatic hydroxyl groups excluding tert-OH is 1. The fourth-order valence-electron chi connectivity index (χ4n) is 10.8. The molecular weight excluding hydrogens is 1640 g/mol. The van der Waals surface area contributed by atoms with E-state index in [1.807, 2.05) is 32.0 Å². The minimum Gasteiger partial charge on any atom is -0.510 e. The summed E-state index contributed by atoms with van der Waals surface area (Å²) in [4.78, 5) is 110. The molecular formula is C83H84N16O20S3. The SMILES string of the molecule is CCOC(=O)C(N=Nc1ccc(OC)cc1)=C(C)O.CCOC(=O)c1nn(-c2ccc(OC)cc2)c(=O)c(C#N)c1C.CCOC(=O)c1nn(-c2ccc(OC)cc2)c(=O)c2c(N)scc12.COc1ccc(-n2nc(C(=O)NC(C)C)c3csc(N)c3c2=O)cc1.COc1ccc(-n2nc(C(=O)O)c3csc(N)c3c2=O)cc1.COc1ccc(N)cc1. The summed E-state index contributed by atoms with van der Waals surface area (Å²) in [5.41, 5.74) is 24.3. The highest BCUT2D eigenvalue weighted by Gasteiger charge is 2.26. The lowest BCUT2D eigenvalue weighted by Crippen LogP contribution is -2.33. The van der Waals surface area contributed by atoms with E-state index in [0.717, 1.165) is 36.8 Å². The number of benzene rings is 6. The summed E-state index contributed by atoms with van der Waals surface area (Å²) in [6.07, 6.45) is 0. The molecule has 0 radical (unpaired) electrons. The normalized spacial score (nSPS) is 10.8. The summed E-state index contributed by atoms with van der Waals surface area (Å²) >= 11 is 3.52. The largest absolute Gasteiger partial charge is 0.510 e. The van der Waals surface area contributed by atoms with Gasteiger partial charge in [-0.15, -0.1) is 39.1 Å². The van der Waals surface area contributed by atoms with Crippen LogP contribution in [0.4, 0.5) is 26.4 Å². The third-order valence-corrected chi connectivity index (χ3v) is 19.2. The maximum absolute atomic E-state index is 12.8. The maximum atomic E-state index is 12.8. The highest BCUT2D eigenvalue weighted by atomic mass is 32.1. The number of hydrogen-bond acceptors (Lipinski definition) is 33. The van der Waals surface area contributed by atoms with Gasteiger partial charge in [-0.2, -0.15) is 49.5 Å². The number of nitrogens with two attached hydrogens (primary N) is 4. The Morgan fingerprint density at radius 3 is 1.11 bits per heavy atom. The number of anilines is 4. The molecule has 122 heavy (non-hydrogen) atoms. The summed E-state index contributed by atoms with van der Waals surface area (Å²) in [6, 6.07) is 42.5. The van der Waals surface area contributed by atoms with Crippen molar-refractivity contribution in [3.63, 3.8) is 0 Å². The number of aromatic nitrogens is 8. The summed E-state index contributed by atoms with van der Waals surface area (Å²) < 4.78 is 49.4. The molecule has 0 spiro atoms. The van der Waals surface area contributed by atoms with Gasteiger partial charge in [-0.3, -0.25) is 24.0 Å². The number of amides is 1. The van der Waals surface area contributed by atoms with Gasteiger partial charge in [0.2, 0.25) is 5.70 Å². The average Bonchev–Trinajstić information content (AvgIpc) is 1.56. The minimum absolute atomic E-state index is 0.0540. The van der Waals surface area contributed by atoms with Crippen LogP contribution in [-0.2, 0) is 19.0 Å². The first kappa shape index (κ1) is 92.2. The van der Waals surface area contributed by atoms with E-state index in [1.165, 1.54) is 60.8 Å². The molecule has 0 atom stereocenters. The Labute approximate surface area is 707 Å². The number of rotatable bonds is 21. The second-order valence-electron chi connectivity index (χ2n) is 25.0. The Bertz CT molecular complexity index is 6270. The molecule has 13 rings (SSSR count). The number of nitrogens with zero attached hydrogens (tertiary/aromatic N) is 11. The van der Waals surface area contributed by atoms with Crippen molar-refractivity contribution in [2.75, 3.05) is 85.4 Å². The highest BCUT2D eigenvalue weighted by Crippen LogP contribution is 2.32. The molecule has 634 valence electrons. The van der Waals surface area contributed by atoms with Gasteiger partial charge >= 0.3 is 23.9 Å². The van der Waals surface area contributed by atoms with E-state index in [-0.39, 0.29) is 109 Å². The van der Waals surface area contributed by atoms with Crippen LogP contribution in [0.25, 0.3) is 55.1 Å². The Hall–Kier alpha value is -15.3. The van der Waals surface area contributed by atoms with Crippen LogP contribution in [0, 0.1) is 18.3 Å². The number of nitrogens with one attached hydrogen (secondary N) is 1. The van der Waals surface area contributed by atoms with Crippen LogP contribution in [0.15, 0.2) is 203 Å². The van der Waals surface area contributed by atoms with E-state index < -0.39 is 35.0 Å². The van der Waals surface area contributed by atoms with E-state index in [2.05, 4.69) is 35.9 Å². The Morgan fingerprint density at radius 2 is 0.779 bits per heavy atom. The van der Waals surface area contributed by atoms with Gasteiger partial charge in [0, 0.05) is 49.6 Å². The molecule has 0 fully saturated rings. The molecule has 1 amide bonds. The molecule has 0 aliphatic carbocycles. The number of esters is 3. The maximum Gasteiger partial charge on any atom is 0.362 e. The fraction of sp³-hybridized carbons (Fsp3) is 0.205. The molecule has 6 aromatic carbocycles. The van der Waals surface area contributed by atoms with Crippen molar-refractivity contribution < 1.29 is 76.8 Å². The number of aliphatic hydroxyl groups is 1. The van der Waals surface area contributed by atoms with Crippen molar-refractivity contribution in [3.05, 3.63) is 249 Å². The second-order valence-corrected chi connectivity index (χ2v) is 27.8. The van der Waals surface area contributed by atoms with E-state index in [1.54, 1.807) is 193 Å². The predicted octanol–water partition coefficient (Wildman–Crippen LogP) is 12.1. The molecule has 39 heteroatoms. The number of carbonyl (C=O) groups is 5. The Balaban J connectivity index is 0.000000185. The lowest BCUT2D eigenvalue weighted by atomic mass is 10.1. The highest BCUT2D eigenvalue weighted by molar-refractivity contribution is 7.16. The van der Waals surface area contributed by atoms with Gasteiger partial charge in [0.15, 0.2) is 22.8 Å². The number of hydrogen-bond donors (Lipinski definition) is 7. The standard InChI is InChI=1S/C17H18N4O3S.C16H15N3O4S.C16H15N3O4.C14H11N3O4S.C13H16N2O4.C7H9NO/c1-9(2)19-16(22)14-12-8-25-15(18)13(12)17(23)21(20-14)10-4-6-11(24-3)7-5-10;1-3-23-16(21)13-11-8-24-14(17)12(11)15(20)19(18-13)9-4-6-10(22-2)7-5-9;1-4-23-16(21)14-10(2)13(9-17)15(20)19(18-14)11-5-7-12(22-3)8-6-11;1-21-8-4-2-7(3-5-8)17-13(18)10-9(6-22-12(10)15)11(16-17)14(19)20;1-4-19-13(17)12(9(2)16)15-14-10-5-7-11(18-3)8-6-10;1-9-7-4-2-6(8)3-5-7/h4-9H,18H2,1-3H3,(H,19,22);4-8H,3,17H2,1-2H3;5-8H,4H2,1-3H3;2-6H,15H2,1H3,(H,19,20);5-8,16H,4H2,1-3H3;2-5H,8H2,1H3. The van der Waals surface area contributed by atoms with Gasteiger partial charge in [-0.25, -0.2) is 19.2 Å². The lowest BCUT2D eigenvalue weighted by Gasteiger charge is -2.12. The number of nitrogen functional groups attached to an aromatic ring is 4. The number of carboxylic acid groups (broad SMARTS) is 1. The molecule has 0 aliphatic heterocycles. The zero-order chi connectivity index (χ0) is 89.2. The number of nitriles is 1. The number of ether oxygens (including phenoxy) is 9. The van der Waals surface area contributed by atoms with Crippen LogP contribution in [0.3, 0.4) is 0 Å². The fourth-order valence-corrected chi connectivity index (χ4v) is 13.1. The smallest absolute Gasteiger partial charge is 0.362 e. The topological polar surface area (TPSA) is 513 Å². The third-order valence-electron chi connectivity index (χ3n) is 16.8. The van der Waals surface area contributed by atoms with Crippen LogP contribution in [-0.4, -0.2) is 148 Å². The number of methoxy groups -OCH3 is 6. The summed E-state index contributed by atoms with van der Waals surface area (Å²) in [7, 11) is 9.36. The number of thiophene rings is 3. The van der Waals surface area contributed by atoms with Crippen LogP contribution >= 0.6 is 34.0 Å². The monoisotopic (exact) mass is 1720 g/mol. The molecule has 13 aromatic rings. The van der Waals surface area contributed by atoms with Gasteiger partial charge in [0.25, 0.3) is 28.1 Å². The summed E-state index contributed by atoms with van der Waals surface area (Å²) in [5, 5.41) is 62.5. The number of fused-ring (bicyclic) bond motifs is 3. The van der Waals surface area contributed by atoms with Gasteiger partial charge in [-0.05, 0) is 194 Å². The molecule has 11 N–H and O–H groups in total. The van der Waals surface area contributed by atoms with Gasteiger partial charge in [0.1, 0.15) is 51.9 Å². The number of azo groups is 1. The Morgan fingerprint density at radius 1 is 0.467 bits per heavy atom. The molecule has 0 saturated carbocycles. The molecule has 0 saturated heterocycles. The molecule has 0 aliphatic rings. The summed E-state index contributed by atoms with van der Waals surface area (Å²) in [6.45, 7) is 12.2. The number of allylic oxidation sites excluding steroid dienone is 1. The molecule has 0 bridgehead atoms. The van der Waals surface area contributed by atoms with E-state index in [9.17, 15) is 58.6 Å². The third kappa shape index (κ3) is 22.5. The molecule has 0 unspecified atom stereocenters. The summed E-state index contributed by atoms with van der Waals surface area (Å²) in [5.74, 6) is 0.278. The van der Waals surface area contributed by atoms with Crippen molar-refractivity contribution in [2.45, 2.75) is 54.5 Å². The first-order valence-electron chi connectivity index (χ1n) is 36.4. The van der Waals surface area contributed by atoms with E-state index in [4.69, 9.17) is 65.6 Å². The minimum atomic E-state index is -1.22. The first-order valence-corrected chi connectivity index (χ1v) is 39.0. The molecule has 36 nitrogen and oxygen atoms in total. The molecule has 7 aromatic heterocycles. The lowest BCUT2D eigenvalue weighted by molar-refractivity contribution is -0.138. The van der Waals surface area contributed by atoms with Crippen LogP contribution in [0.5, 0.6) is 34.5 Å². The van der Waals surface area contributed by atoms with E-state index >= 15 is 0 Å². The Kier molecular flexibility index (Phi) is 32.7. The van der Waals surface area contributed by atoms with Crippen molar-refractivity contribution in [2.24, 2.45) is 10.2 Å². The van der Waals surface area contributed by atoms with Crippen molar-refractivity contribution in [1.82, 2.24) is 44.4 Å². The van der Waals surface area contributed by atoms with Gasteiger partial charge in [0.05, 0.1) is 122 Å². The van der Waals surface area contributed by atoms with Crippen LogP contribution in [0.2, 0.25) is 0 Å². The van der Waals surface area contributed by atoms with Crippen molar-refractivity contribution >= 4 is 122 Å². The first-order chi connectivity index (χ1) is 58.4. The number of aromatic carboxylic acids is 1. The van der Waals surface area contributed by atoms with Gasteiger partial charge < -0.3 is 81.1 Å². The van der Waals surface area contributed by atoms with Crippen molar-refractivity contribution in [1.29, 1.82) is 5.26 Å². The quantitative estimate of drug-likeness (QED) is 0.00877. The van der Waals surface area contributed by atoms with Crippen LogP contribution in [0.1, 0.15) is 94.6 Å². The zero-order valence-electron chi connectivity index (χ0n) is 68.0. The number of carboxylic acids is 1. The van der Waals surface area contributed by atoms with Crippen molar-refractivity contribution in [3.8, 4) is 63.3 Å². The predicted molar refractivity (Wildman–Crippen MR) is 463 cm³/mol.